The summed E-state index contributed by atoms with van der Waals surface area (Å²) in [5.74, 6) is -0.524. The van der Waals surface area contributed by atoms with Crippen LogP contribution < -0.4 is 5.73 Å². The molecule has 0 aliphatic rings. The minimum atomic E-state index is -0.524. The molecule has 0 radical (unpaired) electrons. The van der Waals surface area contributed by atoms with E-state index in [0.29, 0.717) is 0 Å². The van der Waals surface area contributed by atoms with Gasteiger partial charge in [0.2, 0.25) is 0 Å². The molecule has 4 nitrogen and oxygen atoms in total. The van der Waals surface area contributed by atoms with Gasteiger partial charge in [-0.3, -0.25) is 4.79 Å². The highest BCUT2D eigenvalue weighted by molar-refractivity contribution is 9.10. The molecule has 1 aromatic heterocycles. The largest absolute Gasteiger partial charge is 0.364 e. The quantitative estimate of drug-likeness (QED) is 0.899. The highest BCUT2D eigenvalue weighted by atomic mass is 79.9. The molecular formula is C10H8BrN3O. The SMILES string of the molecule is NC(=O)c1ccn(-c2cccc(Br)c2)n1. The number of benzene rings is 1. The zero-order valence-corrected chi connectivity index (χ0v) is 9.31. The second-order valence-electron chi connectivity index (χ2n) is 2.99. The molecule has 0 bridgehead atoms. The van der Waals surface area contributed by atoms with Crippen LogP contribution >= 0.6 is 15.9 Å². The molecule has 0 saturated carbocycles. The molecule has 0 aliphatic heterocycles. The molecular weight excluding hydrogens is 258 g/mol. The Kier molecular flexibility index (Phi) is 2.55. The lowest BCUT2D eigenvalue weighted by Crippen LogP contribution is -2.12. The van der Waals surface area contributed by atoms with Gasteiger partial charge in [0.15, 0.2) is 0 Å². The molecule has 2 rings (SSSR count). The molecule has 2 aromatic rings. The smallest absolute Gasteiger partial charge is 0.269 e. The van der Waals surface area contributed by atoms with E-state index in [1.807, 2.05) is 24.3 Å². The molecule has 0 atom stereocenters. The molecule has 0 aliphatic carbocycles. The summed E-state index contributed by atoms with van der Waals surface area (Å²) in [6.07, 6.45) is 1.70. The number of aromatic nitrogens is 2. The van der Waals surface area contributed by atoms with Gasteiger partial charge in [0.25, 0.3) is 5.91 Å². The van der Waals surface area contributed by atoms with E-state index in [1.165, 1.54) is 0 Å². The molecule has 0 fully saturated rings. The van der Waals surface area contributed by atoms with Gasteiger partial charge in [0.05, 0.1) is 5.69 Å². The van der Waals surface area contributed by atoms with Crippen molar-refractivity contribution in [3.63, 3.8) is 0 Å². The first-order chi connectivity index (χ1) is 7.16. The minimum absolute atomic E-state index is 0.259. The second-order valence-corrected chi connectivity index (χ2v) is 3.91. The molecule has 0 spiro atoms. The van der Waals surface area contributed by atoms with Gasteiger partial charge in [-0.15, -0.1) is 0 Å². The highest BCUT2D eigenvalue weighted by Crippen LogP contribution is 2.14. The van der Waals surface area contributed by atoms with Gasteiger partial charge in [0.1, 0.15) is 5.69 Å². The first kappa shape index (κ1) is 9.92. The molecule has 1 aromatic carbocycles. The van der Waals surface area contributed by atoms with Crippen LogP contribution in [0.15, 0.2) is 41.0 Å². The van der Waals surface area contributed by atoms with E-state index < -0.39 is 5.91 Å². The Bertz CT molecular complexity index is 507. The summed E-state index contributed by atoms with van der Waals surface area (Å²) in [6, 6.07) is 9.19. The summed E-state index contributed by atoms with van der Waals surface area (Å²) < 4.78 is 2.56. The fourth-order valence-corrected chi connectivity index (χ4v) is 1.60. The summed E-state index contributed by atoms with van der Waals surface area (Å²) in [7, 11) is 0. The molecule has 0 saturated heterocycles. The second kappa shape index (κ2) is 3.86. The van der Waals surface area contributed by atoms with E-state index in [9.17, 15) is 4.79 Å². The standard InChI is InChI=1S/C10H8BrN3O/c11-7-2-1-3-8(6-7)14-5-4-9(13-14)10(12)15/h1-6H,(H2,12,15). The van der Waals surface area contributed by atoms with Crippen molar-refractivity contribution in [2.75, 3.05) is 0 Å². The number of amides is 1. The van der Waals surface area contributed by atoms with Gasteiger partial charge in [-0.25, -0.2) is 4.68 Å². The van der Waals surface area contributed by atoms with E-state index in [0.717, 1.165) is 10.2 Å². The predicted molar refractivity (Wildman–Crippen MR) is 59.8 cm³/mol. The number of hydrogen-bond donors (Lipinski definition) is 1. The minimum Gasteiger partial charge on any atom is -0.364 e. The number of carbonyl (C=O) groups is 1. The number of nitrogens with two attached hydrogens (primary N) is 1. The van der Waals surface area contributed by atoms with E-state index >= 15 is 0 Å². The van der Waals surface area contributed by atoms with Crippen LogP contribution in [0.3, 0.4) is 0 Å². The maximum absolute atomic E-state index is 10.8. The van der Waals surface area contributed by atoms with Crippen LogP contribution in [-0.4, -0.2) is 15.7 Å². The number of primary amides is 1. The number of rotatable bonds is 2. The van der Waals surface area contributed by atoms with Crippen LogP contribution in [-0.2, 0) is 0 Å². The van der Waals surface area contributed by atoms with Gasteiger partial charge in [0, 0.05) is 10.7 Å². The summed E-state index contributed by atoms with van der Waals surface area (Å²) in [5.41, 5.74) is 6.24. The number of nitrogens with zero attached hydrogens (tertiary/aromatic N) is 2. The van der Waals surface area contributed by atoms with Gasteiger partial charge in [-0.2, -0.15) is 5.10 Å². The Morgan fingerprint density at radius 1 is 1.40 bits per heavy atom. The molecule has 76 valence electrons. The van der Waals surface area contributed by atoms with Crippen LogP contribution in [0.2, 0.25) is 0 Å². The zero-order valence-electron chi connectivity index (χ0n) is 7.72. The monoisotopic (exact) mass is 265 g/mol. The Balaban J connectivity index is 2.41. The molecule has 1 heterocycles. The first-order valence-electron chi connectivity index (χ1n) is 4.28. The Labute approximate surface area is 94.8 Å². The van der Waals surface area contributed by atoms with Crippen LogP contribution in [0.5, 0.6) is 0 Å². The molecule has 5 heteroatoms. The van der Waals surface area contributed by atoms with Crippen molar-refractivity contribution in [3.8, 4) is 5.69 Å². The summed E-state index contributed by atoms with van der Waals surface area (Å²) in [5, 5.41) is 4.04. The normalized spacial score (nSPS) is 10.2. The Morgan fingerprint density at radius 2 is 2.20 bits per heavy atom. The van der Waals surface area contributed by atoms with Gasteiger partial charge in [-0.05, 0) is 24.3 Å². The average molecular weight is 266 g/mol. The topological polar surface area (TPSA) is 60.9 Å². The number of halogens is 1. The lowest BCUT2D eigenvalue weighted by atomic mass is 10.3. The molecule has 15 heavy (non-hydrogen) atoms. The average Bonchev–Trinajstić information content (AvgIpc) is 2.66. The summed E-state index contributed by atoms with van der Waals surface area (Å²) in [6.45, 7) is 0. The van der Waals surface area contributed by atoms with E-state index in [-0.39, 0.29) is 5.69 Å². The zero-order chi connectivity index (χ0) is 10.8. The molecule has 2 N–H and O–H groups in total. The summed E-state index contributed by atoms with van der Waals surface area (Å²) in [4.78, 5) is 10.8. The van der Waals surface area contributed by atoms with Gasteiger partial charge < -0.3 is 5.73 Å². The maximum atomic E-state index is 10.8. The third-order valence-corrected chi connectivity index (χ3v) is 2.41. The van der Waals surface area contributed by atoms with E-state index in [1.54, 1.807) is 16.9 Å². The molecule has 1 amide bonds. The van der Waals surface area contributed by atoms with Gasteiger partial charge in [-0.1, -0.05) is 22.0 Å². The van der Waals surface area contributed by atoms with Crippen LogP contribution in [0.4, 0.5) is 0 Å². The number of carbonyl (C=O) groups excluding carboxylic acids is 1. The third-order valence-electron chi connectivity index (χ3n) is 1.91. The Morgan fingerprint density at radius 3 is 2.80 bits per heavy atom. The lowest BCUT2D eigenvalue weighted by Gasteiger charge is -2.00. The third kappa shape index (κ3) is 2.07. The van der Waals surface area contributed by atoms with Crippen molar-refractivity contribution in [3.05, 3.63) is 46.7 Å². The van der Waals surface area contributed by atoms with Crippen molar-refractivity contribution in [2.45, 2.75) is 0 Å². The van der Waals surface area contributed by atoms with Crippen LogP contribution in [0.1, 0.15) is 10.5 Å². The fourth-order valence-electron chi connectivity index (χ4n) is 1.22. The van der Waals surface area contributed by atoms with E-state index in [4.69, 9.17) is 5.73 Å². The number of hydrogen-bond acceptors (Lipinski definition) is 2. The van der Waals surface area contributed by atoms with Crippen LogP contribution in [0.25, 0.3) is 5.69 Å². The highest BCUT2D eigenvalue weighted by Gasteiger charge is 2.05. The maximum Gasteiger partial charge on any atom is 0.269 e. The Hall–Kier alpha value is -1.62. The first-order valence-corrected chi connectivity index (χ1v) is 5.07. The lowest BCUT2D eigenvalue weighted by molar-refractivity contribution is 0.0995. The van der Waals surface area contributed by atoms with Crippen molar-refractivity contribution >= 4 is 21.8 Å². The van der Waals surface area contributed by atoms with Crippen molar-refractivity contribution in [1.29, 1.82) is 0 Å². The van der Waals surface area contributed by atoms with Gasteiger partial charge >= 0.3 is 0 Å². The predicted octanol–water partition coefficient (Wildman–Crippen LogP) is 1.73. The summed E-state index contributed by atoms with van der Waals surface area (Å²) >= 11 is 3.36. The van der Waals surface area contributed by atoms with Crippen molar-refractivity contribution in [2.24, 2.45) is 5.73 Å². The van der Waals surface area contributed by atoms with Crippen molar-refractivity contribution < 1.29 is 4.79 Å². The van der Waals surface area contributed by atoms with Crippen molar-refractivity contribution in [1.82, 2.24) is 9.78 Å². The fraction of sp³-hybridized carbons (Fsp3) is 0. The van der Waals surface area contributed by atoms with E-state index in [2.05, 4.69) is 21.0 Å². The molecule has 0 unspecified atom stereocenters. The van der Waals surface area contributed by atoms with Crippen LogP contribution in [0, 0.1) is 0 Å².